The fraction of sp³-hybridized carbons (Fsp3) is 0.526. The summed E-state index contributed by atoms with van der Waals surface area (Å²) in [7, 11) is 4.20. The number of piperidine rings is 1. The van der Waals surface area contributed by atoms with Gasteiger partial charge in [-0.15, -0.1) is 0 Å². The molecule has 0 unspecified atom stereocenters. The number of primary amides is 1. The van der Waals surface area contributed by atoms with Crippen LogP contribution in [0.25, 0.3) is 0 Å². The van der Waals surface area contributed by atoms with E-state index in [1.165, 1.54) is 0 Å². The highest BCUT2D eigenvalue weighted by atomic mass is 16.1. The van der Waals surface area contributed by atoms with Crippen molar-refractivity contribution in [1.82, 2.24) is 19.4 Å². The third-order valence-corrected chi connectivity index (χ3v) is 4.89. The minimum atomic E-state index is -0.418. The average Bonchev–Trinajstić information content (AvgIpc) is 3.10. The highest BCUT2D eigenvalue weighted by Gasteiger charge is 2.25. The molecular weight excluding hydrogens is 328 g/mol. The Hall–Kier alpha value is -2.41. The summed E-state index contributed by atoms with van der Waals surface area (Å²) >= 11 is 0. The van der Waals surface area contributed by atoms with E-state index in [4.69, 9.17) is 5.73 Å². The highest BCUT2D eigenvalue weighted by Crippen LogP contribution is 2.28. The monoisotopic (exact) mass is 356 g/mol. The second kappa shape index (κ2) is 8.31. The fourth-order valence-electron chi connectivity index (χ4n) is 3.57. The van der Waals surface area contributed by atoms with Gasteiger partial charge in [-0.1, -0.05) is 0 Å². The number of rotatable bonds is 7. The van der Waals surface area contributed by atoms with Crippen LogP contribution in [0, 0.1) is 0 Å². The van der Waals surface area contributed by atoms with Gasteiger partial charge in [0.2, 0.25) is 5.91 Å². The molecule has 1 amide bonds. The van der Waals surface area contributed by atoms with Crippen LogP contribution in [0.3, 0.4) is 0 Å². The maximum absolute atomic E-state index is 11.4. The summed E-state index contributed by atoms with van der Waals surface area (Å²) < 4.78 is 2.28. The second-order valence-corrected chi connectivity index (χ2v) is 7.19. The Morgan fingerprint density at radius 2 is 2.19 bits per heavy atom. The molecule has 1 aliphatic heterocycles. The van der Waals surface area contributed by atoms with Crippen LogP contribution in [0.1, 0.15) is 41.4 Å². The lowest BCUT2D eigenvalue weighted by Crippen LogP contribution is -2.36. The zero-order valence-electron chi connectivity index (χ0n) is 15.6. The zero-order valence-corrected chi connectivity index (χ0v) is 15.6. The van der Waals surface area contributed by atoms with E-state index >= 15 is 0 Å². The summed E-state index contributed by atoms with van der Waals surface area (Å²) in [5.41, 5.74) is 5.90. The topological polar surface area (TPSA) is 80.3 Å². The second-order valence-electron chi connectivity index (χ2n) is 7.19. The van der Waals surface area contributed by atoms with Crippen LogP contribution in [-0.2, 0) is 6.54 Å². The van der Waals surface area contributed by atoms with Gasteiger partial charge in [0, 0.05) is 49.7 Å². The Kier molecular flexibility index (Phi) is 5.88. The van der Waals surface area contributed by atoms with Crippen LogP contribution in [0.4, 0.5) is 5.82 Å². The van der Waals surface area contributed by atoms with Gasteiger partial charge in [0.15, 0.2) is 0 Å². The lowest BCUT2D eigenvalue weighted by Gasteiger charge is -2.33. The fourth-order valence-corrected chi connectivity index (χ4v) is 3.57. The molecule has 140 valence electrons. The van der Waals surface area contributed by atoms with Gasteiger partial charge < -0.3 is 20.1 Å². The molecule has 1 aliphatic rings. The first-order chi connectivity index (χ1) is 12.5. The van der Waals surface area contributed by atoms with Crippen molar-refractivity contribution >= 4 is 11.7 Å². The summed E-state index contributed by atoms with van der Waals surface area (Å²) in [6.07, 6.45) is 8.94. The number of carbonyl (C=O) groups is 1. The van der Waals surface area contributed by atoms with Crippen molar-refractivity contribution in [3.63, 3.8) is 0 Å². The summed E-state index contributed by atoms with van der Waals surface area (Å²) in [5, 5.41) is 0. The number of nitrogens with two attached hydrogens (primary N) is 1. The number of amides is 1. The van der Waals surface area contributed by atoms with Gasteiger partial charge in [0.05, 0.1) is 0 Å². The molecule has 0 radical (unpaired) electrons. The molecule has 0 spiro atoms. The SMILES string of the molecule is CN(C)CCCn1ccnc1[C@H]1CCCN(c2cc(C(N)=O)ccn2)C1. The van der Waals surface area contributed by atoms with E-state index in [1.807, 2.05) is 6.20 Å². The average molecular weight is 356 g/mol. The normalized spacial score (nSPS) is 17.7. The first-order valence-electron chi connectivity index (χ1n) is 9.21. The van der Waals surface area contributed by atoms with Gasteiger partial charge in [0.25, 0.3) is 0 Å². The zero-order chi connectivity index (χ0) is 18.5. The van der Waals surface area contributed by atoms with Crippen LogP contribution in [0.5, 0.6) is 0 Å². The molecule has 3 rings (SSSR count). The van der Waals surface area contributed by atoms with E-state index in [0.717, 1.165) is 57.1 Å². The molecule has 3 heterocycles. The molecule has 7 heteroatoms. The van der Waals surface area contributed by atoms with Gasteiger partial charge >= 0.3 is 0 Å². The molecule has 0 aliphatic carbocycles. The minimum absolute atomic E-state index is 0.372. The first kappa shape index (κ1) is 18.4. The van der Waals surface area contributed by atoms with Gasteiger partial charge in [-0.2, -0.15) is 0 Å². The Morgan fingerprint density at radius 3 is 2.96 bits per heavy atom. The van der Waals surface area contributed by atoms with E-state index in [-0.39, 0.29) is 0 Å². The molecule has 26 heavy (non-hydrogen) atoms. The lowest BCUT2D eigenvalue weighted by atomic mass is 9.97. The molecule has 1 fully saturated rings. The highest BCUT2D eigenvalue weighted by molar-refractivity contribution is 5.93. The standard InChI is InChI=1S/C19H28N6O/c1-23(2)9-4-11-24-12-8-22-19(24)16-5-3-10-25(14-16)17-13-15(18(20)26)6-7-21-17/h6-8,12-13,16H,3-5,9-11,14H2,1-2H3,(H2,20,26)/t16-/m0/s1. The number of nitrogens with zero attached hydrogens (tertiary/aromatic N) is 5. The first-order valence-corrected chi connectivity index (χ1v) is 9.21. The number of hydrogen-bond acceptors (Lipinski definition) is 5. The van der Waals surface area contributed by atoms with E-state index in [9.17, 15) is 4.79 Å². The van der Waals surface area contributed by atoms with Crippen LogP contribution in [0.2, 0.25) is 0 Å². The molecule has 2 N–H and O–H groups in total. The largest absolute Gasteiger partial charge is 0.366 e. The van der Waals surface area contributed by atoms with Crippen LogP contribution < -0.4 is 10.6 Å². The van der Waals surface area contributed by atoms with Gasteiger partial charge in [-0.25, -0.2) is 9.97 Å². The minimum Gasteiger partial charge on any atom is -0.366 e. The third-order valence-electron chi connectivity index (χ3n) is 4.89. The number of hydrogen-bond donors (Lipinski definition) is 1. The van der Waals surface area contributed by atoms with Crippen LogP contribution >= 0.6 is 0 Å². The van der Waals surface area contributed by atoms with Gasteiger partial charge in [-0.3, -0.25) is 4.79 Å². The Bertz CT molecular complexity index is 741. The van der Waals surface area contributed by atoms with Crippen LogP contribution in [0.15, 0.2) is 30.7 Å². The Labute approximate surface area is 154 Å². The van der Waals surface area contributed by atoms with E-state index in [2.05, 4.69) is 44.6 Å². The van der Waals surface area contributed by atoms with E-state index in [0.29, 0.717) is 11.5 Å². The maximum Gasteiger partial charge on any atom is 0.248 e. The summed E-state index contributed by atoms with van der Waals surface area (Å²) in [4.78, 5) is 25.0. The number of anilines is 1. The summed E-state index contributed by atoms with van der Waals surface area (Å²) in [6.45, 7) is 3.85. The molecule has 0 aromatic carbocycles. The van der Waals surface area contributed by atoms with Crippen molar-refractivity contribution in [3.05, 3.63) is 42.1 Å². The van der Waals surface area contributed by atoms with Crippen molar-refractivity contribution in [2.45, 2.75) is 31.7 Å². The number of pyridine rings is 1. The summed E-state index contributed by atoms with van der Waals surface area (Å²) in [5.74, 6) is 1.92. The van der Waals surface area contributed by atoms with Crippen molar-refractivity contribution in [2.24, 2.45) is 5.73 Å². The molecule has 1 saturated heterocycles. The molecule has 2 aromatic rings. The molecule has 0 saturated carbocycles. The van der Waals surface area contributed by atoms with Crippen molar-refractivity contribution < 1.29 is 4.79 Å². The van der Waals surface area contributed by atoms with Gasteiger partial charge in [-0.05, 0) is 52.0 Å². The van der Waals surface area contributed by atoms with E-state index in [1.54, 1.807) is 18.3 Å². The van der Waals surface area contributed by atoms with Crippen molar-refractivity contribution in [3.8, 4) is 0 Å². The molecule has 7 nitrogen and oxygen atoms in total. The lowest BCUT2D eigenvalue weighted by molar-refractivity contribution is 0.1000. The number of imidazole rings is 1. The molecule has 2 aromatic heterocycles. The van der Waals surface area contributed by atoms with Gasteiger partial charge in [0.1, 0.15) is 11.6 Å². The molecular formula is C19H28N6O. The van der Waals surface area contributed by atoms with Crippen LogP contribution in [-0.4, -0.2) is 59.1 Å². The maximum atomic E-state index is 11.4. The predicted octanol–water partition coefficient (Wildman–Crippen LogP) is 1.71. The predicted molar refractivity (Wildman–Crippen MR) is 102 cm³/mol. The quantitative estimate of drug-likeness (QED) is 0.817. The summed E-state index contributed by atoms with van der Waals surface area (Å²) in [6, 6.07) is 3.44. The molecule has 0 bridgehead atoms. The van der Waals surface area contributed by atoms with Crippen molar-refractivity contribution in [1.29, 1.82) is 0 Å². The third kappa shape index (κ3) is 4.40. The Morgan fingerprint density at radius 1 is 1.35 bits per heavy atom. The molecule has 1 atom stereocenters. The number of aryl methyl sites for hydroxylation is 1. The number of aromatic nitrogens is 3. The number of carbonyl (C=O) groups excluding carboxylic acids is 1. The Balaban J connectivity index is 1.70. The smallest absolute Gasteiger partial charge is 0.248 e. The van der Waals surface area contributed by atoms with E-state index < -0.39 is 5.91 Å². The van der Waals surface area contributed by atoms with Crippen molar-refractivity contribution in [2.75, 3.05) is 38.6 Å².